The highest BCUT2D eigenvalue weighted by Crippen LogP contribution is 2.26. The summed E-state index contributed by atoms with van der Waals surface area (Å²) in [5, 5.41) is 14.3. The van der Waals surface area contributed by atoms with E-state index in [1.165, 1.54) is 29.4 Å². The fraction of sp³-hybridized carbons (Fsp3) is 0.833. The number of rotatable bonds is 5. The van der Waals surface area contributed by atoms with Gasteiger partial charge in [0.2, 0.25) is 0 Å². The van der Waals surface area contributed by atoms with Crippen LogP contribution in [0.3, 0.4) is 0 Å². The van der Waals surface area contributed by atoms with Crippen LogP contribution in [0.4, 0.5) is 0 Å². The average Bonchev–Trinajstić information content (AvgIpc) is 2.75. The zero-order valence-corrected chi connectivity index (χ0v) is 12.2. The third kappa shape index (κ3) is 4.56. The molecular formula is C12H21N3S2. The van der Waals surface area contributed by atoms with E-state index < -0.39 is 0 Å². The van der Waals surface area contributed by atoms with Crippen LogP contribution in [0.15, 0.2) is 0 Å². The number of thioether (sulfide) groups is 1. The molecule has 96 valence electrons. The molecule has 0 aromatic carbocycles. The van der Waals surface area contributed by atoms with Gasteiger partial charge in [-0.2, -0.15) is 11.8 Å². The summed E-state index contributed by atoms with van der Waals surface area (Å²) in [7, 11) is 0. The van der Waals surface area contributed by atoms with E-state index in [4.69, 9.17) is 0 Å². The summed E-state index contributed by atoms with van der Waals surface area (Å²) in [6.07, 6.45) is 3.84. The van der Waals surface area contributed by atoms with Crippen molar-refractivity contribution in [3.63, 3.8) is 0 Å². The lowest BCUT2D eigenvalue weighted by Gasteiger charge is -2.19. The largest absolute Gasteiger partial charge is 0.308 e. The van der Waals surface area contributed by atoms with Gasteiger partial charge in [0.25, 0.3) is 0 Å². The van der Waals surface area contributed by atoms with Crippen molar-refractivity contribution in [3.8, 4) is 0 Å². The normalized spacial score (nSPS) is 17.8. The minimum absolute atomic E-state index is 0.512. The molecule has 1 aromatic rings. The van der Waals surface area contributed by atoms with Gasteiger partial charge >= 0.3 is 0 Å². The topological polar surface area (TPSA) is 37.8 Å². The Hall–Kier alpha value is -0.130. The Labute approximate surface area is 112 Å². The zero-order chi connectivity index (χ0) is 12.1. The SMILES string of the molecule is CC(C)NCc1nnc(CC2CCSCC2)s1. The molecular weight excluding hydrogens is 250 g/mol. The molecule has 0 amide bonds. The van der Waals surface area contributed by atoms with E-state index >= 15 is 0 Å². The van der Waals surface area contributed by atoms with Gasteiger partial charge in [-0.05, 0) is 30.3 Å². The molecule has 1 saturated heterocycles. The van der Waals surface area contributed by atoms with Gasteiger partial charge in [-0.3, -0.25) is 0 Å². The Morgan fingerprint density at radius 3 is 2.65 bits per heavy atom. The molecule has 1 aliphatic heterocycles. The summed E-state index contributed by atoms with van der Waals surface area (Å²) in [6, 6.07) is 0.512. The Morgan fingerprint density at radius 1 is 1.24 bits per heavy atom. The number of nitrogens with one attached hydrogen (secondary N) is 1. The summed E-state index contributed by atoms with van der Waals surface area (Å²) in [5.41, 5.74) is 0. The van der Waals surface area contributed by atoms with Crippen molar-refractivity contribution in [3.05, 3.63) is 10.0 Å². The van der Waals surface area contributed by atoms with Gasteiger partial charge in [-0.25, -0.2) is 0 Å². The van der Waals surface area contributed by atoms with Crippen molar-refractivity contribution in [2.45, 2.75) is 45.7 Å². The van der Waals surface area contributed by atoms with Crippen LogP contribution in [0, 0.1) is 5.92 Å². The Morgan fingerprint density at radius 2 is 1.94 bits per heavy atom. The summed E-state index contributed by atoms with van der Waals surface area (Å²) in [6.45, 7) is 5.17. The van der Waals surface area contributed by atoms with Gasteiger partial charge in [0.15, 0.2) is 0 Å². The van der Waals surface area contributed by atoms with Crippen molar-refractivity contribution in [2.75, 3.05) is 11.5 Å². The zero-order valence-electron chi connectivity index (χ0n) is 10.6. The van der Waals surface area contributed by atoms with Gasteiger partial charge in [-0.1, -0.05) is 13.8 Å². The average molecular weight is 271 g/mol. The monoisotopic (exact) mass is 271 g/mol. The molecule has 0 spiro atoms. The Kier molecular flexibility index (Phi) is 5.25. The number of nitrogens with zero attached hydrogens (tertiary/aromatic N) is 2. The van der Waals surface area contributed by atoms with E-state index in [1.54, 1.807) is 11.3 Å². The molecule has 0 radical (unpaired) electrons. The van der Waals surface area contributed by atoms with E-state index in [1.807, 2.05) is 0 Å². The van der Waals surface area contributed by atoms with E-state index in [-0.39, 0.29) is 0 Å². The Bertz CT molecular complexity index is 332. The molecule has 2 rings (SSSR count). The molecule has 0 atom stereocenters. The molecule has 1 aliphatic rings. The van der Waals surface area contributed by atoms with Gasteiger partial charge in [0, 0.05) is 19.0 Å². The van der Waals surface area contributed by atoms with Crippen molar-refractivity contribution in [2.24, 2.45) is 5.92 Å². The van der Waals surface area contributed by atoms with Gasteiger partial charge in [0.05, 0.1) is 0 Å². The van der Waals surface area contributed by atoms with Crippen LogP contribution in [0.5, 0.6) is 0 Å². The van der Waals surface area contributed by atoms with Crippen LogP contribution in [-0.2, 0) is 13.0 Å². The van der Waals surface area contributed by atoms with Crippen LogP contribution in [-0.4, -0.2) is 27.7 Å². The maximum absolute atomic E-state index is 4.31. The molecule has 0 bridgehead atoms. The van der Waals surface area contributed by atoms with Crippen LogP contribution in [0.1, 0.15) is 36.7 Å². The number of aromatic nitrogens is 2. The van der Waals surface area contributed by atoms with Crippen molar-refractivity contribution in [1.29, 1.82) is 0 Å². The summed E-state index contributed by atoms with van der Waals surface area (Å²) < 4.78 is 0. The van der Waals surface area contributed by atoms with Crippen LogP contribution in [0.2, 0.25) is 0 Å². The molecule has 0 unspecified atom stereocenters. The molecule has 0 aliphatic carbocycles. The highest BCUT2D eigenvalue weighted by atomic mass is 32.2. The summed E-state index contributed by atoms with van der Waals surface area (Å²) in [4.78, 5) is 0. The lowest BCUT2D eigenvalue weighted by atomic mass is 9.99. The standard InChI is InChI=1S/C12H21N3S2/c1-9(2)13-8-12-15-14-11(17-12)7-10-3-5-16-6-4-10/h9-10,13H,3-8H2,1-2H3. The van der Waals surface area contributed by atoms with E-state index in [2.05, 4.69) is 41.1 Å². The third-order valence-electron chi connectivity index (χ3n) is 2.97. The highest BCUT2D eigenvalue weighted by Gasteiger charge is 2.16. The maximum Gasteiger partial charge on any atom is 0.131 e. The molecule has 1 N–H and O–H groups in total. The number of hydrogen-bond donors (Lipinski definition) is 1. The Balaban J connectivity index is 1.80. The molecule has 1 fully saturated rings. The molecule has 0 saturated carbocycles. The first-order chi connectivity index (χ1) is 8.24. The first kappa shape index (κ1) is 13.3. The van der Waals surface area contributed by atoms with Crippen LogP contribution in [0.25, 0.3) is 0 Å². The number of hydrogen-bond acceptors (Lipinski definition) is 5. The van der Waals surface area contributed by atoms with Crippen molar-refractivity contribution >= 4 is 23.1 Å². The quantitative estimate of drug-likeness (QED) is 0.893. The summed E-state index contributed by atoms with van der Waals surface area (Å²) in [5.74, 6) is 3.49. The predicted molar refractivity (Wildman–Crippen MR) is 75.6 cm³/mol. The fourth-order valence-electron chi connectivity index (χ4n) is 1.93. The molecule has 17 heavy (non-hydrogen) atoms. The van der Waals surface area contributed by atoms with Crippen molar-refractivity contribution in [1.82, 2.24) is 15.5 Å². The summed E-state index contributed by atoms with van der Waals surface area (Å²) >= 11 is 3.86. The van der Waals surface area contributed by atoms with E-state index in [9.17, 15) is 0 Å². The minimum Gasteiger partial charge on any atom is -0.308 e. The van der Waals surface area contributed by atoms with E-state index in [0.717, 1.165) is 23.9 Å². The lowest BCUT2D eigenvalue weighted by molar-refractivity contribution is 0.485. The fourth-order valence-corrected chi connectivity index (χ4v) is 4.05. The molecule has 2 heterocycles. The first-order valence-electron chi connectivity index (χ1n) is 6.36. The van der Waals surface area contributed by atoms with Gasteiger partial charge in [0.1, 0.15) is 10.0 Å². The van der Waals surface area contributed by atoms with Crippen molar-refractivity contribution < 1.29 is 0 Å². The van der Waals surface area contributed by atoms with Gasteiger partial charge < -0.3 is 5.32 Å². The first-order valence-corrected chi connectivity index (χ1v) is 8.33. The van der Waals surface area contributed by atoms with Crippen LogP contribution >= 0.6 is 23.1 Å². The molecule has 5 heteroatoms. The second-order valence-corrected chi connectivity index (χ2v) is 7.26. The molecule has 3 nitrogen and oxygen atoms in total. The lowest BCUT2D eigenvalue weighted by Crippen LogP contribution is -2.21. The highest BCUT2D eigenvalue weighted by molar-refractivity contribution is 7.99. The maximum atomic E-state index is 4.31. The third-order valence-corrected chi connectivity index (χ3v) is 4.97. The second-order valence-electron chi connectivity index (χ2n) is 4.89. The predicted octanol–water partition coefficient (Wildman–Crippen LogP) is 2.72. The second kappa shape index (κ2) is 6.71. The van der Waals surface area contributed by atoms with Gasteiger partial charge in [-0.15, -0.1) is 21.5 Å². The van der Waals surface area contributed by atoms with E-state index in [0.29, 0.717) is 6.04 Å². The molecule has 1 aromatic heterocycles. The van der Waals surface area contributed by atoms with Crippen LogP contribution < -0.4 is 5.32 Å². The smallest absolute Gasteiger partial charge is 0.131 e. The minimum atomic E-state index is 0.512.